The number of para-hydroxylation sites is 1. The van der Waals surface area contributed by atoms with Crippen LogP contribution in [0.25, 0.3) is 10.9 Å². The van der Waals surface area contributed by atoms with Gasteiger partial charge in [0, 0.05) is 19.6 Å². The summed E-state index contributed by atoms with van der Waals surface area (Å²) < 4.78 is 6.99. The van der Waals surface area contributed by atoms with Gasteiger partial charge in [0.05, 0.1) is 17.4 Å². The van der Waals surface area contributed by atoms with Crippen LogP contribution in [0.15, 0.2) is 29.1 Å². The standard InChI is InChI=1S/C21H30N4O3/c1-14(22-20(27)28-21(2,3)4)15-10-11-25(12-15)13-18-23-17-9-7-6-8-16(17)19(26)24(18)5/h6-9,14-15H,10-13H2,1-5H3,(H,22,27)/t14-,15+/m1/s1. The lowest BCUT2D eigenvalue weighted by molar-refractivity contribution is 0.0492. The van der Waals surface area contributed by atoms with Crippen molar-refractivity contribution in [2.24, 2.45) is 13.0 Å². The summed E-state index contributed by atoms with van der Waals surface area (Å²) in [6, 6.07) is 7.46. The van der Waals surface area contributed by atoms with Gasteiger partial charge in [-0.1, -0.05) is 12.1 Å². The number of nitrogens with zero attached hydrogens (tertiary/aromatic N) is 3. The summed E-state index contributed by atoms with van der Waals surface area (Å²) in [5.74, 6) is 1.10. The van der Waals surface area contributed by atoms with Crippen molar-refractivity contribution in [2.75, 3.05) is 13.1 Å². The van der Waals surface area contributed by atoms with Gasteiger partial charge in [-0.2, -0.15) is 0 Å². The van der Waals surface area contributed by atoms with Crippen LogP contribution >= 0.6 is 0 Å². The number of benzene rings is 1. The van der Waals surface area contributed by atoms with Crippen molar-refractivity contribution >= 4 is 17.0 Å². The summed E-state index contributed by atoms with van der Waals surface area (Å²) in [6.45, 7) is 9.96. The number of likely N-dealkylation sites (tertiary alicyclic amines) is 1. The Bertz CT molecular complexity index is 916. The maximum absolute atomic E-state index is 12.6. The third-order valence-electron chi connectivity index (χ3n) is 5.20. The monoisotopic (exact) mass is 386 g/mol. The number of rotatable bonds is 4. The Hall–Kier alpha value is -2.41. The van der Waals surface area contributed by atoms with E-state index in [4.69, 9.17) is 4.74 Å². The predicted molar refractivity (Wildman–Crippen MR) is 109 cm³/mol. The number of carbonyl (C=O) groups excluding carboxylic acids is 1. The minimum atomic E-state index is -0.502. The second-order valence-electron chi connectivity index (χ2n) is 8.63. The first-order chi connectivity index (χ1) is 13.1. The van der Waals surface area contributed by atoms with Crippen LogP contribution in [-0.2, 0) is 18.3 Å². The third kappa shape index (κ3) is 4.70. The van der Waals surface area contributed by atoms with Crippen molar-refractivity contribution in [3.63, 3.8) is 0 Å². The Morgan fingerprint density at radius 3 is 2.79 bits per heavy atom. The number of nitrogens with one attached hydrogen (secondary N) is 1. The summed E-state index contributed by atoms with van der Waals surface area (Å²) in [7, 11) is 1.78. The quantitative estimate of drug-likeness (QED) is 0.874. The molecular formula is C21H30N4O3. The molecule has 152 valence electrons. The molecule has 1 saturated heterocycles. The van der Waals surface area contributed by atoms with Gasteiger partial charge in [0.1, 0.15) is 11.4 Å². The van der Waals surface area contributed by atoms with E-state index in [0.717, 1.165) is 30.9 Å². The fourth-order valence-electron chi connectivity index (χ4n) is 3.63. The summed E-state index contributed by atoms with van der Waals surface area (Å²) in [4.78, 5) is 31.6. The van der Waals surface area contributed by atoms with Gasteiger partial charge in [0.25, 0.3) is 5.56 Å². The molecule has 1 aromatic carbocycles. The summed E-state index contributed by atoms with van der Waals surface area (Å²) >= 11 is 0. The maximum atomic E-state index is 12.6. The van der Waals surface area contributed by atoms with Gasteiger partial charge < -0.3 is 10.1 Å². The number of hydrogen-bond donors (Lipinski definition) is 1. The Morgan fingerprint density at radius 2 is 2.07 bits per heavy atom. The molecular weight excluding hydrogens is 356 g/mol. The zero-order chi connectivity index (χ0) is 20.5. The molecule has 2 heterocycles. The van der Waals surface area contributed by atoms with Crippen LogP contribution in [0.2, 0.25) is 0 Å². The highest BCUT2D eigenvalue weighted by Crippen LogP contribution is 2.22. The van der Waals surface area contributed by atoms with E-state index in [9.17, 15) is 9.59 Å². The number of alkyl carbamates (subject to hydrolysis) is 1. The summed E-state index contributed by atoms with van der Waals surface area (Å²) in [5, 5.41) is 3.59. The van der Waals surface area contributed by atoms with E-state index in [1.165, 1.54) is 0 Å². The molecule has 0 saturated carbocycles. The Morgan fingerprint density at radius 1 is 1.36 bits per heavy atom. The second-order valence-corrected chi connectivity index (χ2v) is 8.63. The zero-order valence-electron chi connectivity index (χ0n) is 17.4. The zero-order valence-corrected chi connectivity index (χ0v) is 17.4. The normalized spacial score (nSPS) is 19.0. The fraction of sp³-hybridized carbons (Fsp3) is 0.571. The number of carbonyl (C=O) groups is 1. The molecule has 28 heavy (non-hydrogen) atoms. The van der Waals surface area contributed by atoms with Crippen LogP contribution in [0.1, 0.15) is 39.9 Å². The molecule has 0 bridgehead atoms. The van der Waals surface area contributed by atoms with E-state index >= 15 is 0 Å². The Labute approximate surface area is 165 Å². The fourth-order valence-corrected chi connectivity index (χ4v) is 3.63. The van der Waals surface area contributed by atoms with Gasteiger partial charge >= 0.3 is 6.09 Å². The molecule has 3 rings (SSSR count). The van der Waals surface area contributed by atoms with Crippen LogP contribution < -0.4 is 10.9 Å². The van der Waals surface area contributed by atoms with Crippen LogP contribution in [-0.4, -0.2) is 45.3 Å². The van der Waals surface area contributed by atoms with E-state index in [0.29, 0.717) is 17.8 Å². The lowest BCUT2D eigenvalue weighted by Crippen LogP contribution is -2.42. The summed E-state index contributed by atoms with van der Waals surface area (Å²) in [5.41, 5.74) is 0.213. The van der Waals surface area contributed by atoms with Crippen molar-refractivity contribution in [1.82, 2.24) is 19.8 Å². The first kappa shape index (κ1) is 20.3. The van der Waals surface area contributed by atoms with Crippen LogP contribution in [0.5, 0.6) is 0 Å². The molecule has 1 fully saturated rings. The molecule has 0 aliphatic carbocycles. The number of fused-ring (bicyclic) bond motifs is 1. The van der Waals surface area contributed by atoms with Crippen molar-refractivity contribution in [1.29, 1.82) is 0 Å². The van der Waals surface area contributed by atoms with Crippen molar-refractivity contribution in [2.45, 2.75) is 52.3 Å². The van der Waals surface area contributed by atoms with Gasteiger partial charge in [-0.15, -0.1) is 0 Å². The van der Waals surface area contributed by atoms with E-state index in [2.05, 4.69) is 15.2 Å². The van der Waals surface area contributed by atoms with Crippen molar-refractivity contribution in [3.8, 4) is 0 Å². The van der Waals surface area contributed by atoms with Gasteiger partial charge in [0.15, 0.2) is 0 Å². The average molecular weight is 386 g/mol. The van der Waals surface area contributed by atoms with Crippen LogP contribution in [0, 0.1) is 5.92 Å². The van der Waals surface area contributed by atoms with Gasteiger partial charge in [-0.05, 0) is 58.7 Å². The molecule has 1 aromatic heterocycles. The molecule has 2 atom stereocenters. The molecule has 0 radical (unpaired) electrons. The minimum absolute atomic E-state index is 0.0173. The van der Waals surface area contributed by atoms with Gasteiger partial charge in [0.2, 0.25) is 0 Å². The highest BCUT2D eigenvalue weighted by molar-refractivity contribution is 5.77. The first-order valence-corrected chi connectivity index (χ1v) is 9.80. The molecule has 7 nitrogen and oxygen atoms in total. The number of ether oxygens (including phenoxy) is 1. The lowest BCUT2D eigenvalue weighted by Gasteiger charge is -2.25. The van der Waals surface area contributed by atoms with E-state index < -0.39 is 5.60 Å². The second kappa shape index (κ2) is 7.91. The SMILES string of the molecule is C[C@@H](NC(=O)OC(C)(C)C)[C@H]1CCN(Cc2nc3ccccc3c(=O)n2C)C1. The minimum Gasteiger partial charge on any atom is -0.444 e. The molecule has 0 spiro atoms. The van der Waals surface area contributed by atoms with E-state index in [-0.39, 0.29) is 17.7 Å². The lowest BCUT2D eigenvalue weighted by atomic mass is 10.0. The van der Waals surface area contributed by atoms with Crippen molar-refractivity contribution in [3.05, 3.63) is 40.4 Å². The highest BCUT2D eigenvalue weighted by Gasteiger charge is 2.29. The van der Waals surface area contributed by atoms with Crippen LogP contribution in [0.4, 0.5) is 4.79 Å². The Balaban J connectivity index is 1.63. The smallest absolute Gasteiger partial charge is 0.407 e. The van der Waals surface area contributed by atoms with Crippen molar-refractivity contribution < 1.29 is 9.53 Å². The predicted octanol–water partition coefficient (Wildman–Crippen LogP) is 2.67. The third-order valence-corrected chi connectivity index (χ3v) is 5.20. The van der Waals surface area contributed by atoms with Gasteiger partial charge in [-0.25, -0.2) is 9.78 Å². The molecule has 0 unspecified atom stereocenters. The van der Waals surface area contributed by atoms with Gasteiger partial charge in [-0.3, -0.25) is 14.3 Å². The van der Waals surface area contributed by atoms with Crippen LogP contribution in [0.3, 0.4) is 0 Å². The molecule has 1 amide bonds. The Kier molecular flexibility index (Phi) is 5.74. The topological polar surface area (TPSA) is 76.5 Å². The molecule has 7 heteroatoms. The number of amides is 1. The average Bonchev–Trinajstić information content (AvgIpc) is 3.06. The van der Waals surface area contributed by atoms with E-state index in [1.54, 1.807) is 11.6 Å². The van der Waals surface area contributed by atoms with E-state index in [1.807, 2.05) is 52.0 Å². The first-order valence-electron chi connectivity index (χ1n) is 9.80. The number of aromatic nitrogens is 2. The summed E-state index contributed by atoms with van der Waals surface area (Å²) in [6.07, 6.45) is 0.607. The largest absolute Gasteiger partial charge is 0.444 e. The molecule has 2 aromatic rings. The highest BCUT2D eigenvalue weighted by atomic mass is 16.6. The number of hydrogen-bond acceptors (Lipinski definition) is 5. The molecule has 1 N–H and O–H groups in total. The molecule has 1 aliphatic rings. The molecule has 1 aliphatic heterocycles. The maximum Gasteiger partial charge on any atom is 0.407 e.